The molecule has 0 aliphatic rings. The minimum Gasteiger partial charge on any atom is -0.453 e. The van der Waals surface area contributed by atoms with Crippen LogP contribution in [0.4, 0.5) is 4.79 Å². The molecule has 0 saturated heterocycles. The molecule has 122 valence electrons. The Kier molecular flexibility index (Phi) is 4.89. The smallest absolute Gasteiger partial charge is 0.408 e. The second kappa shape index (κ2) is 6.69. The highest BCUT2D eigenvalue weighted by Crippen LogP contribution is 2.25. The molecule has 0 aliphatic carbocycles. The molecule has 1 unspecified atom stereocenters. The van der Waals surface area contributed by atoms with Crippen molar-refractivity contribution in [1.82, 2.24) is 5.32 Å². The van der Waals surface area contributed by atoms with E-state index in [1.54, 1.807) is 12.1 Å². The predicted molar refractivity (Wildman–Crippen MR) is 87.3 cm³/mol. The van der Waals surface area contributed by atoms with Gasteiger partial charge >= 0.3 is 6.09 Å². The summed E-state index contributed by atoms with van der Waals surface area (Å²) in [6, 6.07) is 10.7. The van der Waals surface area contributed by atoms with E-state index < -0.39 is 11.7 Å². The monoisotopic (exact) mass is 315 g/mol. The molecule has 0 radical (unpaired) electrons. The van der Waals surface area contributed by atoms with Gasteiger partial charge in [-0.2, -0.15) is 0 Å². The SMILES string of the molecule is CC(NC(=O)OC(C)(C)C)c1cccc(-c2ccc(C=O)o2)c1. The highest BCUT2D eigenvalue weighted by Gasteiger charge is 2.18. The molecule has 5 heteroatoms. The number of aldehydes is 1. The van der Waals surface area contributed by atoms with Gasteiger partial charge in [-0.25, -0.2) is 4.79 Å². The fourth-order valence-electron chi connectivity index (χ4n) is 2.10. The van der Waals surface area contributed by atoms with Gasteiger partial charge in [-0.05, 0) is 51.5 Å². The first kappa shape index (κ1) is 16.8. The zero-order valence-corrected chi connectivity index (χ0v) is 13.8. The Hall–Kier alpha value is -2.56. The summed E-state index contributed by atoms with van der Waals surface area (Å²) in [6.07, 6.45) is 0.205. The van der Waals surface area contributed by atoms with Crippen molar-refractivity contribution >= 4 is 12.4 Å². The average molecular weight is 315 g/mol. The van der Waals surface area contributed by atoms with Gasteiger partial charge in [0.25, 0.3) is 0 Å². The highest BCUT2D eigenvalue weighted by molar-refractivity contribution is 5.73. The largest absolute Gasteiger partial charge is 0.453 e. The summed E-state index contributed by atoms with van der Waals surface area (Å²) in [5.41, 5.74) is 1.22. The molecule has 1 heterocycles. The lowest BCUT2D eigenvalue weighted by Gasteiger charge is -2.22. The van der Waals surface area contributed by atoms with Crippen molar-refractivity contribution in [2.45, 2.75) is 39.3 Å². The summed E-state index contributed by atoms with van der Waals surface area (Å²) in [4.78, 5) is 22.6. The lowest BCUT2D eigenvalue weighted by molar-refractivity contribution is 0.0508. The number of furan rings is 1. The minimum absolute atomic E-state index is 0.217. The Morgan fingerprint density at radius 2 is 2.00 bits per heavy atom. The van der Waals surface area contributed by atoms with Crippen molar-refractivity contribution in [3.05, 3.63) is 47.7 Å². The molecule has 1 aromatic carbocycles. The molecule has 0 bridgehead atoms. The number of benzene rings is 1. The van der Waals surface area contributed by atoms with Crippen molar-refractivity contribution in [1.29, 1.82) is 0 Å². The van der Waals surface area contributed by atoms with Crippen molar-refractivity contribution in [3.63, 3.8) is 0 Å². The number of carbonyl (C=O) groups excluding carboxylic acids is 2. The topological polar surface area (TPSA) is 68.5 Å². The molecule has 23 heavy (non-hydrogen) atoms. The molecule has 2 aromatic rings. The number of hydrogen-bond donors (Lipinski definition) is 1. The van der Waals surface area contributed by atoms with Crippen LogP contribution in [0.5, 0.6) is 0 Å². The van der Waals surface area contributed by atoms with E-state index in [2.05, 4.69) is 5.32 Å². The van der Waals surface area contributed by atoms with Crippen molar-refractivity contribution in [2.24, 2.45) is 0 Å². The zero-order valence-electron chi connectivity index (χ0n) is 13.8. The Morgan fingerprint density at radius 3 is 2.61 bits per heavy atom. The summed E-state index contributed by atoms with van der Waals surface area (Å²) < 4.78 is 10.7. The van der Waals surface area contributed by atoms with Crippen LogP contribution in [0.2, 0.25) is 0 Å². The molecule has 1 amide bonds. The lowest BCUT2D eigenvalue weighted by atomic mass is 10.0. The van der Waals surface area contributed by atoms with Gasteiger partial charge in [0, 0.05) is 5.56 Å². The van der Waals surface area contributed by atoms with Crippen LogP contribution in [0.25, 0.3) is 11.3 Å². The number of ether oxygens (including phenoxy) is 1. The molecular formula is C18H21NO4. The van der Waals surface area contributed by atoms with Crippen molar-refractivity contribution < 1.29 is 18.7 Å². The third-order valence-electron chi connectivity index (χ3n) is 3.15. The van der Waals surface area contributed by atoms with E-state index in [4.69, 9.17) is 9.15 Å². The molecule has 2 rings (SSSR count). The van der Waals surface area contributed by atoms with Crippen molar-refractivity contribution in [2.75, 3.05) is 0 Å². The Labute approximate surface area is 135 Å². The average Bonchev–Trinajstić information content (AvgIpc) is 2.94. The summed E-state index contributed by atoms with van der Waals surface area (Å²) in [5, 5.41) is 2.80. The van der Waals surface area contributed by atoms with E-state index in [1.807, 2.05) is 52.0 Å². The van der Waals surface area contributed by atoms with E-state index in [0.29, 0.717) is 12.0 Å². The third-order valence-corrected chi connectivity index (χ3v) is 3.15. The Bertz CT molecular complexity index is 697. The highest BCUT2D eigenvalue weighted by atomic mass is 16.6. The van der Waals surface area contributed by atoms with Crippen LogP contribution in [0.3, 0.4) is 0 Å². The quantitative estimate of drug-likeness (QED) is 0.852. The van der Waals surface area contributed by atoms with Crippen LogP contribution >= 0.6 is 0 Å². The molecule has 0 spiro atoms. The molecule has 0 saturated carbocycles. The number of hydrogen-bond acceptors (Lipinski definition) is 4. The molecule has 1 N–H and O–H groups in total. The maximum atomic E-state index is 11.8. The Morgan fingerprint density at radius 1 is 1.26 bits per heavy atom. The minimum atomic E-state index is -0.537. The second-order valence-corrected chi connectivity index (χ2v) is 6.31. The maximum absolute atomic E-state index is 11.8. The van der Waals surface area contributed by atoms with Crippen LogP contribution in [0.1, 0.15) is 49.9 Å². The van der Waals surface area contributed by atoms with E-state index in [1.165, 1.54) is 0 Å². The lowest BCUT2D eigenvalue weighted by Crippen LogP contribution is -2.34. The zero-order chi connectivity index (χ0) is 17.0. The molecule has 1 atom stereocenters. The van der Waals surface area contributed by atoms with Crippen LogP contribution < -0.4 is 5.32 Å². The fourth-order valence-corrected chi connectivity index (χ4v) is 2.10. The number of alkyl carbamates (subject to hydrolysis) is 1. The molecular weight excluding hydrogens is 294 g/mol. The van der Waals surface area contributed by atoms with E-state index in [0.717, 1.165) is 11.1 Å². The summed E-state index contributed by atoms with van der Waals surface area (Å²) in [7, 11) is 0. The van der Waals surface area contributed by atoms with Gasteiger partial charge in [0.05, 0.1) is 6.04 Å². The van der Waals surface area contributed by atoms with Crippen LogP contribution in [0.15, 0.2) is 40.8 Å². The summed E-state index contributed by atoms with van der Waals surface area (Å²) in [5.74, 6) is 0.892. The standard InChI is InChI=1S/C18H21NO4/c1-12(19-17(21)23-18(2,3)4)13-6-5-7-14(10-13)16-9-8-15(11-20)22-16/h5-12H,1-4H3,(H,19,21). The first-order chi connectivity index (χ1) is 10.8. The van der Waals surface area contributed by atoms with E-state index in [9.17, 15) is 9.59 Å². The van der Waals surface area contributed by atoms with Gasteiger partial charge in [0.15, 0.2) is 12.0 Å². The first-order valence-electron chi connectivity index (χ1n) is 7.43. The van der Waals surface area contributed by atoms with Crippen LogP contribution in [-0.2, 0) is 4.74 Å². The maximum Gasteiger partial charge on any atom is 0.408 e. The number of nitrogens with one attached hydrogen (secondary N) is 1. The predicted octanol–water partition coefficient (Wildman–Crippen LogP) is 4.34. The number of carbonyl (C=O) groups is 2. The number of rotatable bonds is 4. The van der Waals surface area contributed by atoms with Gasteiger partial charge in [0.1, 0.15) is 11.4 Å². The van der Waals surface area contributed by atoms with Crippen LogP contribution in [0, 0.1) is 0 Å². The molecule has 1 aromatic heterocycles. The summed E-state index contributed by atoms with van der Waals surface area (Å²) >= 11 is 0. The van der Waals surface area contributed by atoms with Crippen LogP contribution in [-0.4, -0.2) is 18.0 Å². The van der Waals surface area contributed by atoms with Gasteiger partial charge in [-0.15, -0.1) is 0 Å². The normalized spacial score (nSPS) is 12.5. The second-order valence-electron chi connectivity index (χ2n) is 6.31. The van der Waals surface area contributed by atoms with E-state index in [-0.39, 0.29) is 11.8 Å². The van der Waals surface area contributed by atoms with Gasteiger partial charge in [-0.3, -0.25) is 4.79 Å². The molecule has 0 aliphatic heterocycles. The van der Waals surface area contributed by atoms with Gasteiger partial charge in [0.2, 0.25) is 0 Å². The first-order valence-corrected chi connectivity index (χ1v) is 7.43. The summed E-state index contributed by atoms with van der Waals surface area (Å²) in [6.45, 7) is 7.33. The van der Waals surface area contributed by atoms with Crippen molar-refractivity contribution in [3.8, 4) is 11.3 Å². The number of amides is 1. The Balaban J connectivity index is 2.12. The molecule has 0 fully saturated rings. The van der Waals surface area contributed by atoms with Gasteiger partial charge < -0.3 is 14.5 Å². The molecule has 5 nitrogen and oxygen atoms in total. The van der Waals surface area contributed by atoms with E-state index >= 15 is 0 Å². The third kappa shape index (κ3) is 4.71. The fraction of sp³-hybridized carbons (Fsp3) is 0.333. The van der Waals surface area contributed by atoms with Gasteiger partial charge in [-0.1, -0.05) is 18.2 Å².